The number of alkyl halides is 3. The minimum Gasteiger partial charge on any atom is -0.396 e. The van der Waals surface area contributed by atoms with Gasteiger partial charge in [0.15, 0.2) is 0 Å². The topological polar surface area (TPSA) is 50.9 Å². The Kier molecular flexibility index (Phi) is 3.66. The fourth-order valence-electron chi connectivity index (χ4n) is 1.53. The zero-order valence-electron chi connectivity index (χ0n) is 10.1. The molecule has 0 aliphatic carbocycles. The zero-order valence-corrected chi connectivity index (χ0v) is 10.9. The molecule has 0 atom stereocenters. The van der Waals surface area contributed by atoms with E-state index in [0.29, 0.717) is 6.54 Å². The van der Waals surface area contributed by atoms with Crippen molar-refractivity contribution in [2.75, 3.05) is 11.1 Å². The number of nitrogen functional groups attached to an aromatic ring is 1. The predicted octanol–water partition coefficient (Wildman–Crippen LogP) is 3.66. The average Bonchev–Trinajstić information content (AvgIpc) is 2.72. The summed E-state index contributed by atoms with van der Waals surface area (Å²) in [5, 5.41) is 6.84. The van der Waals surface area contributed by atoms with Gasteiger partial charge in [0.1, 0.15) is 5.69 Å². The fourth-order valence-corrected chi connectivity index (χ4v) is 2.39. The first kappa shape index (κ1) is 13.7. The van der Waals surface area contributed by atoms with E-state index in [2.05, 4.69) is 10.3 Å². The van der Waals surface area contributed by atoms with Crippen LogP contribution in [0.15, 0.2) is 23.0 Å². The SMILES string of the molecule is Cc1cscc1CNc1cc(C(F)(F)F)ncc1N. The van der Waals surface area contributed by atoms with Gasteiger partial charge in [-0.05, 0) is 34.9 Å². The van der Waals surface area contributed by atoms with E-state index < -0.39 is 11.9 Å². The van der Waals surface area contributed by atoms with Gasteiger partial charge in [0.05, 0.1) is 17.6 Å². The van der Waals surface area contributed by atoms with Gasteiger partial charge >= 0.3 is 6.18 Å². The third-order valence-corrected chi connectivity index (χ3v) is 3.57. The molecule has 19 heavy (non-hydrogen) atoms. The van der Waals surface area contributed by atoms with Crippen molar-refractivity contribution in [1.82, 2.24) is 4.98 Å². The number of nitrogens with two attached hydrogens (primary N) is 1. The highest BCUT2D eigenvalue weighted by atomic mass is 32.1. The number of thiophene rings is 1. The van der Waals surface area contributed by atoms with Crippen LogP contribution >= 0.6 is 11.3 Å². The Morgan fingerprint density at radius 2 is 2.11 bits per heavy atom. The molecule has 0 bridgehead atoms. The summed E-state index contributed by atoms with van der Waals surface area (Å²) in [6, 6.07) is 0.928. The van der Waals surface area contributed by atoms with Gasteiger partial charge in [-0.2, -0.15) is 24.5 Å². The summed E-state index contributed by atoms with van der Waals surface area (Å²) in [5.74, 6) is 0. The van der Waals surface area contributed by atoms with Crippen molar-refractivity contribution in [3.8, 4) is 0 Å². The number of aryl methyl sites for hydroxylation is 1. The van der Waals surface area contributed by atoms with E-state index in [9.17, 15) is 13.2 Å². The van der Waals surface area contributed by atoms with E-state index >= 15 is 0 Å². The van der Waals surface area contributed by atoms with Crippen LogP contribution in [0.3, 0.4) is 0 Å². The lowest BCUT2D eigenvalue weighted by molar-refractivity contribution is -0.141. The van der Waals surface area contributed by atoms with E-state index in [-0.39, 0.29) is 11.4 Å². The zero-order chi connectivity index (χ0) is 14.0. The Balaban J connectivity index is 2.18. The highest BCUT2D eigenvalue weighted by Gasteiger charge is 2.32. The van der Waals surface area contributed by atoms with Crippen LogP contribution in [0, 0.1) is 6.92 Å². The molecule has 102 valence electrons. The molecule has 2 aromatic rings. The summed E-state index contributed by atoms with van der Waals surface area (Å²) >= 11 is 1.55. The second-order valence-electron chi connectivity index (χ2n) is 4.09. The predicted molar refractivity (Wildman–Crippen MR) is 70.0 cm³/mol. The Morgan fingerprint density at radius 1 is 1.37 bits per heavy atom. The van der Waals surface area contributed by atoms with Gasteiger partial charge in [-0.3, -0.25) is 0 Å². The van der Waals surface area contributed by atoms with Crippen molar-refractivity contribution in [2.45, 2.75) is 19.6 Å². The Labute approximate surface area is 112 Å². The van der Waals surface area contributed by atoms with Gasteiger partial charge in [-0.25, -0.2) is 4.98 Å². The van der Waals surface area contributed by atoms with Gasteiger partial charge in [0, 0.05) is 6.54 Å². The summed E-state index contributed by atoms with van der Waals surface area (Å²) in [6.45, 7) is 2.38. The lowest BCUT2D eigenvalue weighted by Gasteiger charge is -2.12. The number of anilines is 2. The van der Waals surface area contributed by atoms with Crippen molar-refractivity contribution in [3.63, 3.8) is 0 Å². The molecule has 0 aliphatic rings. The van der Waals surface area contributed by atoms with Gasteiger partial charge in [0.2, 0.25) is 0 Å². The Bertz CT molecular complexity index is 578. The van der Waals surface area contributed by atoms with Crippen LogP contribution in [0.5, 0.6) is 0 Å². The van der Waals surface area contributed by atoms with Crippen LogP contribution in [-0.4, -0.2) is 4.98 Å². The quantitative estimate of drug-likeness (QED) is 0.905. The monoisotopic (exact) mass is 287 g/mol. The van der Waals surface area contributed by atoms with Gasteiger partial charge in [0.25, 0.3) is 0 Å². The maximum Gasteiger partial charge on any atom is 0.433 e. The molecule has 0 radical (unpaired) electrons. The highest BCUT2D eigenvalue weighted by molar-refractivity contribution is 7.08. The summed E-state index contributed by atoms with van der Waals surface area (Å²) in [4.78, 5) is 3.28. The molecule has 0 aliphatic heterocycles. The second kappa shape index (κ2) is 5.08. The number of pyridine rings is 1. The van der Waals surface area contributed by atoms with Gasteiger partial charge in [-0.15, -0.1) is 0 Å². The van der Waals surface area contributed by atoms with Crippen molar-refractivity contribution in [2.24, 2.45) is 0 Å². The van der Waals surface area contributed by atoms with Crippen LogP contribution in [0.1, 0.15) is 16.8 Å². The number of hydrogen-bond acceptors (Lipinski definition) is 4. The van der Waals surface area contributed by atoms with E-state index in [0.717, 1.165) is 23.4 Å². The molecule has 2 heterocycles. The lowest BCUT2D eigenvalue weighted by atomic mass is 10.2. The molecular formula is C12H12F3N3S. The molecule has 0 aromatic carbocycles. The molecule has 7 heteroatoms. The average molecular weight is 287 g/mol. The van der Waals surface area contributed by atoms with Crippen LogP contribution in [0.25, 0.3) is 0 Å². The van der Waals surface area contributed by atoms with Crippen LogP contribution < -0.4 is 11.1 Å². The molecule has 0 saturated heterocycles. The number of rotatable bonds is 3. The first-order valence-electron chi connectivity index (χ1n) is 5.46. The molecule has 3 N–H and O–H groups in total. The normalized spacial score (nSPS) is 11.6. The highest BCUT2D eigenvalue weighted by Crippen LogP contribution is 2.31. The summed E-state index contributed by atoms with van der Waals surface area (Å²) in [7, 11) is 0. The lowest BCUT2D eigenvalue weighted by Crippen LogP contribution is -2.10. The molecule has 0 saturated carbocycles. The van der Waals surface area contributed by atoms with Gasteiger partial charge in [-0.1, -0.05) is 0 Å². The van der Waals surface area contributed by atoms with E-state index in [1.54, 1.807) is 11.3 Å². The molecule has 0 fully saturated rings. The molecule has 0 amide bonds. The molecular weight excluding hydrogens is 275 g/mol. The number of nitrogens with one attached hydrogen (secondary N) is 1. The van der Waals surface area contributed by atoms with Crippen LogP contribution in [0.2, 0.25) is 0 Å². The minimum absolute atomic E-state index is 0.195. The smallest absolute Gasteiger partial charge is 0.396 e. The standard InChI is InChI=1S/C12H12F3N3S/c1-7-5-19-6-8(7)3-17-10-2-11(12(13,14)15)18-4-9(10)16/h2,4-6H,3,16H2,1H3,(H,17,18). The van der Waals surface area contributed by atoms with E-state index in [1.807, 2.05) is 17.7 Å². The first-order valence-corrected chi connectivity index (χ1v) is 6.40. The van der Waals surface area contributed by atoms with E-state index in [4.69, 9.17) is 5.73 Å². The van der Waals surface area contributed by atoms with Crippen molar-refractivity contribution >= 4 is 22.7 Å². The summed E-state index contributed by atoms with van der Waals surface area (Å²) in [5.41, 5.74) is 7.24. The Hall–Kier alpha value is -1.76. The number of aromatic nitrogens is 1. The van der Waals surface area contributed by atoms with Crippen molar-refractivity contribution < 1.29 is 13.2 Å². The van der Waals surface area contributed by atoms with Crippen molar-refractivity contribution in [1.29, 1.82) is 0 Å². The molecule has 3 nitrogen and oxygen atoms in total. The second-order valence-corrected chi connectivity index (χ2v) is 4.83. The van der Waals surface area contributed by atoms with Gasteiger partial charge < -0.3 is 11.1 Å². The summed E-state index contributed by atoms with van der Waals surface area (Å²) < 4.78 is 37.6. The number of hydrogen-bond donors (Lipinski definition) is 2. The van der Waals surface area contributed by atoms with E-state index in [1.165, 1.54) is 0 Å². The number of halogens is 3. The maximum absolute atomic E-state index is 12.5. The summed E-state index contributed by atoms with van der Waals surface area (Å²) in [6.07, 6.45) is -3.45. The largest absolute Gasteiger partial charge is 0.433 e. The fraction of sp³-hybridized carbons (Fsp3) is 0.250. The first-order chi connectivity index (χ1) is 8.88. The molecule has 0 unspecified atom stereocenters. The third kappa shape index (κ3) is 3.17. The van der Waals surface area contributed by atoms with Crippen molar-refractivity contribution in [3.05, 3.63) is 39.8 Å². The minimum atomic E-state index is -4.47. The third-order valence-electron chi connectivity index (χ3n) is 2.66. The molecule has 0 spiro atoms. The molecule has 2 rings (SSSR count). The molecule has 2 aromatic heterocycles. The Morgan fingerprint density at radius 3 is 2.68 bits per heavy atom. The number of nitrogens with zero attached hydrogens (tertiary/aromatic N) is 1. The maximum atomic E-state index is 12.5. The van der Waals surface area contributed by atoms with Crippen LogP contribution in [-0.2, 0) is 12.7 Å². The van der Waals surface area contributed by atoms with Crippen LogP contribution in [0.4, 0.5) is 24.5 Å².